The Kier molecular flexibility index (Phi) is 5.61. The van der Waals surface area contributed by atoms with Gasteiger partial charge in [-0.3, -0.25) is 0 Å². The summed E-state index contributed by atoms with van der Waals surface area (Å²) < 4.78 is 0. The predicted octanol–water partition coefficient (Wildman–Crippen LogP) is 3.77. The molecule has 2 unspecified atom stereocenters. The number of hydrogen-bond acceptors (Lipinski definition) is 3. The van der Waals surface area contributed by atoms with Gasteiger partial charge < -0.3 is 20.5 Å². The highest BCUT2D eigenvalue weighted by atomic mass is 35.5. The number of rotatable bonds is 7. The van der Waals surface area contributed by atoms with E-state index in [9.17, 15) is 9.90 Å². The molecule has 0 fully saturated rings. The summed E-state index contributed by atoms with van der Waals surface area (Å²) in [6, 6.07) is 12.4. The van der Waals surface area contributed by atoms with E-state index in [-0.39, 0.29) is 11.6 Å². The minimum Gasteiger partial charge on any atom is -0.478 e. The first kappa shape index (κ1) is 18.5. The van der Waals surface area contributed by atoms with Gasteiger partial charge in [-0.15, -0.1) is 0 Å². The number of aliphatic hydroxyl groups is 1. The van der Waals surface area contributed by atoms with Crippen LogP contribution in [0, 0.1) is 0 Å². The van der Waals surface area contributed by atoms with Crippen LogP contribution in [0.5, 0.6) is 0 Å². The summed E-state index contributed by atoms with van der Waals surface area (Å²) >= 11 is 5.96. The molecular formula is C20H21ClN2O3. The number of hydrogen-bond donors (Lipinski definition) is 4. The Morgan fingerprint density at radius 2 is 2.08 bits per heavy atom. The van der Waals surface area contributed by atoms with Crippen LogP contribution in [-0.4, -0.2) is 33.8 Å². The molecule has 1 aromatic heterocycles. The normalized spacial score (nSPS) is 13.7. The third-order valence-electron chi connectivity index (χ3n) is 4.43. The summed E-state index contributed by atoms with van der Waals surface area (Å²) in [5.41, 5.74) is 2.97. The van der Waals surface area contributed by atoms with Gasteiger partial charge in [0.1, 0.15) is 0 Å². The molecule has 6 heteroatoms. The fourth-order valence-corrected chi connectivity index (χ4v) is 3.23. The first-order valence-electron chi connectivity index (χ1n) is 8.44. The van der Waals surface area contributed by atoms with Gasteiger partial charge in [0.05, 0.1) is 11.7 Å². The van der Waals surface area contributed by atoms with E-state index >= 15 is 0 Å². The van der Waals surface area contributed by atoms with Gasteiger partial charge in [0.25, 0.3) is 0 Å². The lowest BCUT2D eigenvalue weighted by Crippen LogP contribution is -2.32. The fraction of sp³-hybridized carbons (Fsp3) is 0.250. The molecule has 2 aromatic carbocycles. The number of carboxylic acids is 1. The zero-order chi connectivity index (χ0) is 18.7. The number of carbonyl (C=O) groups is 1. The number of carboxylic acid groups (broad SMARTS) is 1. The molecule has 0 amide bonds. The van der Waals surface area contributed by atoms with Crippen molar-refractivity contribution in [1.82, 2.24) is 10.3 Å². The standard InChI is InChI=1S/C20H21ClN2O3/c1-12(22-11-19(24)13-3-2-4-16(21)8-13)7-15-10-23-18-9-14(20(25)26)5-6-17(15)18/h2-6,8-10,12,19,22-24H,7,11H2,1H3,(H,25,26). The van der Waals surface area contributed by atoms with Crippen LogP contribution >= 0.6 is 11.6 Å². The van der Waals surface area contributed by atoms with Gasteiger partial charge in [0.2, 0.25) is 0 Å². The van der Waals surface area contributed by atoms with Gasteiger partial charge >= 0.3 is 5.97 Å². The Bertz CT molecular complexity index is 922. The minimum atomic E-state index is -0.937. The maximum absolute atomic E-state index is 11.1. The van der Waals surface area contributed by atoms with Crippen molar-refractivity contribution in [1.29, 1.82) is 0 Å². The van der Waals surface area contributed by atoms with E-state index in [0.717, 1.165) is 28.5 Å². The van der Waals surface area contributed by atoms with Gasteiger partial charge in [-0.05, 0) is 48.7 Å². The minimum absolute atomic E-state index is 0.141. The number of halogens is 1. The summed E-state index contributed by atoms with van der Waals surface area (Å²) in [5.74, 6) is -0.937. The molecule has 1 heterocycles. The third kappa shape index (κ3) is 4.25. The molecule has 4 N–H and O–H groups in total. The van der Waals surface area contributed by atoms with Crippen LogP contribution in [0.25, 0.3) is 10.9 Å². The van der Waals surface area contributed by atoms with Crippen LogP contribution in [0.2, 0.25) is 5.02 Å². The Morgan fingerprint density at radius 3 is 2.81 bits per heavy atom. The lowest BCUT2D eigenvalue weighted by molar-refractivity contribution is 0.0697. The number of aliphatic hydroxyl groups excluding tert-OH is 1. The van der Waals surface area contributed by atoms with Gasteiger partial charge in [0, 0.05) is 34.7 Å². The van der Waals surface area contributed by atoms with E-state index < -0.39 is 12.1 Å². The molecule has 0 aliphatic carbocycles. The average molecular weight is 373 g/mol. The Morgan fingerprint density at radius 1 is 1.27 bits per heavy atom. The first-order valence-corrected chi connectivity index (χ1v) is 8.82. The molecule has 2 atom stereocenters. The second kappa shape index (κ2) is 7.91. The van der Waals surface area contributed by atoms with Gasteiger partial charge in [-0.1, -0.05) is 29.8 Å². The number of nitrogens with one attached hydrogen (secondary N) is 2. The highest BCUT2D eigenvalue weighted by Crippen LogP contribution is 2.22. The van der Waals surface area contributed by atoms with Crippen LogP contribution in [0.1, 0.15) is 34.5 Å². The van der Waals surface area contributed by atoms with Crippen LogP contribution in [-0.2, 0) is 6.42 Å². The molecule has 26 heavy (non-hydrogen) atoms. The highest BCUT2D eigenvalue weighted by Gasteiger charge is 2.13. The average Bonchev–Trinajstić information content (AvgIpc) is 3.01. The molecule has 3 aromatic rings. The van der Waals surface area contributed by atoms with E-state index in [4.69, 9.17) is 16.7 Å². The molecule has 0 bridgehead atoms. The van der Waals surface area contributed by atoms with E-state index in [1.54, 1.807) is 24.3 Å². The molecule has 0 saturated carbocycles. The van der Waals surface area contributed by atoms with Crippen LogP contribution in [0.15, 0.2) is 48.7 Å². The van der Waals surface area contributed by atoms with Crippen molar-refractivity contribution in [2.75, 3.05) is 6.54 Å². The number of H-pyrrole nitrogens is 1. The van der Waals surface area contributed by atoms with Crippen LogP contribution in [0.4, 0.5) is 0 Å². The maximum atomic E-state index is 11.1. The molecule has 0 spiro atoms. The summed E-state index contributed by atoms with van der Waals surface area (Å²) in [7, 11) is 0. The highest BCUT2D eigenvalue weighted by molar-refractivity contribution is 6.30. The Balaban J connectivity index is 1.62. The molecule has 0 aliphatic heterocycles. The van der Waals surface area contributed by atoms with Crippen LogP contribution < -0.4 is 5.32 Å². The molecule has 0 radical (unpaired) electrons. The number of aromatic amines is 1. The van der Waals surface area contributed by atoms with E-state index in [0.29, 0.717) is 11.6 Å². The van der Waals surface area contributed by atoms with Crippen molar-refractivity contribution in [3.05, 3.63) is 70.4 Å². The molecule has 0 saturated heterocycles. The zero-order valence-electron chi connectivity index (χ0n) is 14.4. The third-order valence-corrected chi connectivity index (χ3v) is 4.67. The molecular weight excluding hydrogens is 352 g/mol. The lowest BCUT2D eigenvalue weighted by Gasteiger charge is -2.17. The summed E-state index contributed by atoms with van der Waals surface area (Å²) in [6.45, 7) is 2.47. The van der Waals surface area contributed by atoms with E-state index in [1.807, 2.05) is 24.4 Å². The first-order chi connectivity index (χ1) is 12.4. The van der Waals surface area contributed by atoms with Crippen molar-refractivity contribution < 1.29 is 15.0 Å². The summed E-state index contributed by atoms with van der Waals surface area (Å²) in [4.78, 5) is 14.2. The SMILES string of the molecule is CC(Cc1c[nH]c2cc(C(=O)O)ccc12)NCC(O)c1cccc(Cl)c1. The smallest absolute Gasteiger partial charge is 0.335 e. The number of fused-ring (bicyclic) bond motifs is 1. The quantitative estimate of drug-likeness (QED) is 0.508. The number of aromatic nitrogens is 1. The number of aromatic carboxylic acids is 1. The van der Waals surface area contributed by atoms with E-state index in [2.05, 4.69) is 17.2 Å². The van der Waals surface area contributed by atoms with Gasteiger partial charge in [-0.2, -0.15) is 0 Å². The van der Waals surface area contributed by atoms with Crippen molar-refractivity contribution in [2.24, 2.45) is 0 Å². The zero-order valence-corrected chi connectivity index (χ0v) is 15.1. The van der Waals surface area contributed by atoms with Crippen molar-refractivity contribution in [2.45, 2.75) is 25.5 Å². The van der Waals surface area contributed by atoms with Gasteiger partial charge in [0.15, 0.2) is 0 Å². The summed E-state index contributed by atoms with van der Waals surface area (Å²) in [5, 5.41) is 24.3. The molecule has 5 nitrogen and oxygen atoms in total. The summed E-state index contributed by atoms with van der Waals surface area (Å²) in [6.07, 6.45) is 2.04. The van der Waals surface area contributed by atoms with Crippen LogP contribution in [0.3, 0.4) is 0 Å². The van der Waals surface area contributed by atoms with Gasteiger partial charge in [-0.25, -0.2) is 4.79 Å². The maximum Gasteiger partial charge on any atom is 0.335 e. The topological polar surface area (TPSA) is 85.4 Å². The van der Waals surface area contributed by atoms with Crippen molar-refractivity contribution in [3.8, 4) is 0 Å². The second-order valence-electron chi connectivity index (χ2n) is 6.46. The van der Waals surface area contributed by atoms with Crippen molar-refractivity contribution in [3.63, 3.8) is 0 Å². The fourth-order valence-electron chi connectivity index (χ4n) is 3.03. The molecule has 0 aliphatic rings. The second-order valence-corrected chi connectivity index (χ2v) is 6.90. The Hall–Kier alpha value is -2.34. The predicted molar refractivity (Wildman–Crippen MR) is 103 cm³/mol. The molecule has 136 valence electrons. The van der Waals surface area contributed by atoms with E-state index in [1.165, 1.54) is 0 Å². The molecule has 3 rings (SSSR count). The van der Waals surface area contributed by atoms with Crippen molar-refractivity contribution >= 4 is 28.5 Å². The lowest BCUT2D eigenvalue weighted by atomic mass is 10.0. The largest absolute Gasteiger partial charge is 0.478 e. The Labute approximate surface area is 156 Å². The number of benzene rings is 2. The monoisotopic (exact) mass is 372 g/mol.